The third kappa shape index (κ3) is 5.79. The Morgan fingerprint density at radius 2 is 1.75 bits per heavy atom. The van der Waals surface area contributed by atoms with Gasteiger partial charge in [0.05, 0.1) is 6.10 Å². The molecule has 0 aromatic carbocycles. The molecule has 96 valence electrons. The first-order valence-corrected chi connectivity index (χ1v) is 8.15. The van der Waals surface area contributed by atoms with E-state index < -0.39 is 8.80 Å². The van der Waals surface area contributed by atoms with Gasteiger partial charge < -0.3 is 13.3 Å². The minimum Gasteiger partial charge on any atom is -0.374 e. The van der Waals surface area contributed by atoms with E-state index in [-0.39, 0.29) is 6.10 Å². The van der Waals surface area contributed by atoms with Crippen LogP contribution in [-0.2, 0) is 13.3 Å². The maximum Gasteiger partial charge on any atom is 0.501 e. The molecule has 0 spiro atoms. The molecule has 0 aliphatic carbocycles. The number of unbranched alkanes of at least 4 members (excludes halogenated alkanes) is 1. The van der Waals surface area contributed by atoms with Crippen molar-refractivity contribution in [2.24, 2.45) is 0 Å². The lowest BCUT2D eigenvalue weighted by Gasteiger charge is -2.30. The van der Waals surface area contributed by atoms with Crippen molar-refractivity contribution >= 4 is 8.80 Å². The van der Waals surface area contributed by atoms with Gasteiger partial charge in [0.25, 0.3) is 0 Å². The van der Waals surface area contributed by atoms with Gasteiger partial charge in [-0.2, -0.15) is 0 Å². The minimum atomic E-state index is -2.47. The van der Waals surface area contributed by atoms with E-state index in [1.165, 1.54) is 0 Å². The van der Waals surface area contributed by atoms with Gasteiger partial charge in [-0.15, -0.1) is 6.58 Å². The molecular weight excluding hydrogens is 220 g/mol. The molecule has 0 aliphatic heterocycles. The van der Waals surface area contributed by atoms with Crippen molar-refractivity contribution in [1.82, 2.24) is 0 Å². The first-order chi connectivity index (χ1) is 7.64. The lowest BCUT2D eigenvalue weighted by atomic mass is 10.4. The van der Waals surface area contributed by atoms with Crippen LogP contribution in [0.25, 0.3) is 0 Å². The third-order valence-electron chi connectivity index (χ3n) is 2.26. The van der Waals surface area contributed by atoms with Crippen LogP contribution in [0.5, 0.6) is 0 Å². The highest BCUT2D eigenvalue weighted by Crippen LogP contribution is 2.21. The molecule has 0 heterocycles. The van der Waals surface area contributed by atoms with E-state index >= 15 is 0 Å². The summed E-state index contributed by atoms with van der Waals surface area (Å²) in [5, 5.41) is 0. The van der Waals surface area contributed by atoms with Gasteiger partial charge in [0.1, 0.15) is 0 Å². The normalized spacial score (nSPS) is 13.8. The molecule has 1 unspecified atom stereocenters. The zero-order valence-electron chi connectivity index (χ0n) is 11.1. The fourth-order valence-electron chi connectivity index (χ4n) is 1.48. The zero-order valence-corrected chi connectivity index (χ0v) is 12.1. The second-order valence-electron chi connectivity index (χ2n) is 3.71. The smallest absolute Gasteiger partial charge is 0.374 e. The average Bonchev–Trinajstić information content (AvgIpc) is 2.27. The second kappa shape index (κ2) is 8.93. The summed E-state index contributed by atoms with van der Waals surface area (Å²) in [5.41, 5.74) is 0. The second-order valence-corrected chi connectivity index (χ2v) is 6.39. The van der Waals surface area contributed by atoms with Gasteiger partial charge in [-0.1, -0.05) is 19.4 Å². The van der Waals surface area contributed by atoms with E-state index in [9.17, 15) is 0 Å². The number of rotatable bonds is 10. The van der Waals surface area contributed by atoms with E-state index in [0.29, 0.717) is 13.2 Å². The Labute approximate surface area is 101 Å². The molecular formula is C12H26O3Si. The summed E-state index contributed by atoms with van der Waals surface area (Å²) in [6.45, 7) is 13.1. The molecule has 1 atom stereocenters. The fraction of sp³-hybridized carbons (Fsp3) is 0.833. The maximum absolute atomic E-state index is 5.95. The highest BCUT2D eigenvalue weighted by Gasteiger charge is 2.40. The first-order valence-electron chi connectivity index (χ1n) is 6.22. The zero-order chi connectivity index (χ0) is 12.4. The Hall–Kier alpha value is -0.163. The van der Waals surface area contributed by atoms with Crippen LogP contribution >= 0.6 is 0 Å². The summed E-state index contributed by atoms with van der Waals surface area (Å²) in [6, 6.07) is 0.892. The van der Waals surface area contributed by atoms with E-state index in [0.717, 1.165) is 18.9 Å². The molecule has 0 saturated heterocycles. The monoisotopic (exact) mass is 246 g/mol. The van der Waals surface area contributed by atoms with E-state index in [1.807, 2.05) is 20.8 Å². The lowest BCUT2D eigenvalue weighted by molar-refractivity contribution is 0.0519. The van der Waals surface area contributed by atoms with Crippen LogP contribution in [-0.4, -0.2) is 28.1 Å². The molecule has 0 aromatic heterocycles. The molecule has 16 heavy (non-hydrogen) atoms. The van der Waals surface area contributed by atoms with Crippen molar-refractivity contribution in [1.29, 1.82) is 0 Å². The molecule has 3 nitrogen and oxygen atoms in total. The minimum absolute atomic E-state index is 0.0124. The molecule has 4 heteroatoms. The van der Waals surface area contributed by atoms with Crippen LogP contribution in [0.1, 0.15) is 40.5 Å². The van der Waals surface area contributed by atoms with Gasteiger partial charge in [-0.25, -0.2) is 0 Å². The van der Waals surface area contributed by atoms with Crippen LogP contribution in [0.3, 0.4) is 0 Å². The van der Waals surface area contributed by atoms with Crippen molar-refractivity contribution in [3.8, 4) is 0 Å². The van der Waals surface area contributed by atoms with Crippen molar-refractivity contribution in [2.75, 3.05) is 13.2 Å². The SMILES string of the molecule is C=CC(C)O[Si](CCCC)(OCC)OCC. The predicted octanol–water partition coefficient (Wildman–Crippen LogP) is 3.39. The van der Waals surface area contributed by atoms with Crippen LogP contribution < -0.4 is 0 Å². The lowest BCUT2D eigenvalue weighted by Crippen LogP contribution is -2.47. The Morgan fingerprint density at radius 3 is 2.12 bits per heavy atom. The molecule has 0 aromatic rings. The van der Waals surface area contributed by atoms with Crippen LogP contribution in [0.15, 0.2) is 12.7 Å². The van der Waals surface area contributed by atoms with Gasteiger partial charge in [-0.05, 0) is 27.2 Å². The summed E-state index contributed by atoms with van der Waals surface area (Å²) >= 11 is 0. The fourth-order valence-corrected chi connectivity index (χ4v) is 4.43. The molecule has 0 bridgehead atoms. The van der Waals surface area contributed by atoms with Gasteiger partial charge in [0, 0.05) is 19.3 Å². The third-order valence-corrected chi connectivity index (χ3v) is 5.42. The summed E-state index contributed by atoms with van der Waals surface area (Å²) in [6.07, 6.45) is 3.98. The van der Waals surface area contributed by atoms with E-state index in [1.54, 1.807) is 6.08 Å². The Kier molecular flexibility index (Phi) is 8.84. The molecule has 0 N–H and O–H groups in total. The highest BCUT2D eigenvalue weighted by atomic mass is 28.4. The van der Waals surface area contributed by atoms with Crippen LogP contribution in [0.2, 0.25) is 6.04 Å². The van der Waals surface area contributed by atoms with Crippen LogP contribution in [0, 0.1) is 0 Å². The van der Waals surface area contributed by atoms with Crippen molar-refractivity contribution in [2.45, 2.75) is 52.7 Å². The van der Waals surface area contributed by atoms with Crippen molar-refractivity contribution in [3.63, 3.8) is 0 Å². The average molecular weight is 246 g/mol. The van der Waals surface area contributed by atoms with Crippen LogP contribution in [0.4, 0.5) is 0 Å². The maximum atomic E-state index is 5.95. The summed E-state index contributed by atoms with van der Waals surface area (Å²) in [5.74, 6) is 0. The van der Waals surface area contributed by atoms with Gasteiger partial charge in [0.2, 0.25) is 0 Å². The largest absolute Gasteiger partial charge is 0.501 e. The van der Waals surface area contributed by atoms with Crippen molar-refractivity contribution < 1.29 is 13.3 Å². The Bertz CT molecular complexity index is 179. The Morgan fingerprint density at radius 1 is 1.19 bits per heavy atom. The molecule has 0 rings (SSSR count). The Balaban J connectivity index is 4.54. The highest BCUT2D eigenvalue weighted by molar-refractivity contribution is 6.60. The summed E-state index contributed by atoms with van der Waals surface area (Å²) < 4.78 is 17.5. The van der Waals surface area contributed by atoms with Gasteiger partial charge >= 0.3 is 8.80 Å². The first kappa shape index (κ1) is 15.8. The van der Waals surface area contributed by atoms with E-state index in [2.05, 4.69) is 13.5 Å². The van der Waals surface area contributed by atoms with E-state index in [4.69, 9.17) is 13.3 Å². The number of hydrogen-bond donors (Lipinski definition) is 0. The quantitative estimate of drug-likeness (QED) is 0.437. The van der Waals surface area contributed by atoms with Gasteiger partial charge in [0.15, 0.2) is 0 Å². The standard InChI is InChI=1S/C12H26O3Si/c1-6-10-11-16(13-8-3,14-9-4)15-12(5)7-2/h7,12H,2,6,8-11H2,1,3-5H3. The number of hydrogen-bond acceptors (Lipinski definition) is 3. The summed E-state index contributed by atoms with van der Waals surface area (Å²) in [7, 11) is -2.47. The molecule has 0 fully saturated rings. The molecule has 0 saturated carbocycles. The molecule has 0 radical (unpaired) electrons. The van der Waals surface area contributed by atoms with Crippen molar-refractivity contribution in [3.05, 3.63) is 12.7 Å². The van der Waals surface area contributed by atoms with Gasteiger partial charge in [-0.3, -0.25) is 0 Å². The molecule has 0 amide bonds. The topological polar surface area (TPSA) is 27.7 Å². The predicted molar refractivity (Wildman–Crippen MR) is 69.5 cm³/mol. The summed E-state index contributed by atoms with van der Waals surface area (Å²) in [4.78, 5) is 0. The molecule has 0 aliphatic rings.